The van der Waals surface area contributed by atoms with Crippen molar-refractivity contribution in [2.75, 3.05) is 22.7 Å². The highest BCUT2D eigenvalue weighted by Crippen LogP contribution is 2.49. The molecule has 0 saturated carbocycles. The molecule has 1 saturated heterocycles. The first-order chi connectivity index (χ1) is 15.5. The number of hydrogen-bond donors (Lipinski definition) is 1. The number of ether oxygens (including phenoxy) is 1. The van der Waals surface area contributed by atoms with Crippen LogP contribution in [0.3, 0.4) is 0 Å². The first-order valence-electron chi connectivity index (χ1n) is 10.2. The zero-order valence-electron chi connectivity index (χ0n) is 16.9. The number of nitrogens with one attached hydrogen (secondary N) is 1. The predicted molar refractivity (Wildman–Crippen MR) is 123 cm³/mol. The zero-order chi connectivity index (χ0) is 22.1. The van der Waals surface area contributed by atoms with Crippen molar-refractivity contribution in [3.63, 3.8) is 0 Å². The first-order valence-corrected chi connectivity index (χ1v) is 11.7. The lowest BCUT2D eigenvalue weighted by atomic mass is 10.1. The van der Waals surface area contributed by atoms with E-state index in [1.807, 2.05) is 0 Å². The number of alkyl halides is 3. The fraction of sp³-hybridized carbons (Fsp3) is 0.217. The normalized spacial score (nSPS) is 18.2. The second kappa shape index (κ2) is 8.80. The molecule has 3 aromatic rings. The zero-order valence-corrected chi connectivity index (χ0v) is 18.5. The van der Waals surface area contributed by atoms with Gasteiger partial charge in [-0.25, -0.2) is 4.31 Å². The van der Waals surface area contributed by atoms with Gasteiger partial charge in [0.2, 0.25) is 0 Å². The van der Waals surface area contributed by atoms with E-state index >= 15 is 0 Å². The summed E-state index contributed by atoms with van der Waals surface area (Å²) in [4.78, 5) is 4.97. The fourth-order valence-corrected chi connectivity index (χ4v) is 5.86. The standard InChI is InChI=1S/C23H20F3N3OS2/c24-23(25,26)30-18-11-9-16(10-12-18)27-32-28-14-13-17(15-28)29-19-5-1-3-7-21(19)31-22-8-4-2-6-20(22)29/h1-12,17,27H,13-15H2. The van der Waals surface area contributed by atoms with E-state index in [1.54, 1.807) is 23.9 Å². The average molecular weight is 476 g/mol. The van der Waals surface area contributed by atoms with Crippen LogP contribution in [0.4, 0.5) is 30.2 Å². The van der Waals surface area contributed by atoms with Crippen LogP contribution < -0.4 is 14.4 Å². The molecule has 0 radical (unpaired) electrons. The van der Waals surface area contributed by atoms with Gasteiger partial charge in [0, 0.05) is 46.7 Å². The van der Waals surface area contributed by atoms with Crippen molar-refractivity contribution in [1.82, 2.24) is 4.31 Å². The molecule has 0 bridgehead atoms. The van der Waals surface area contributed by atoms with Gasteiger partial charge in [0.15, 0.2) is 0 Å². The fourth-order valence-electron chi connectivity index (χ4n) is 3.97. The monoisotopic (exact) mass is 475 g/mol. The van der Waals surface area contributed by atoms with Crippen molar-refractivity contribution in [3.05, 3.63) is 72.8 Å². The number of hydrogen-bond acceptors (Lipinski definition) is 6. The van der Waals surface area contributed by atoms with Crippen LogP contribution in [0.5, 0.6) is 5.75 Å². The van der Waals surface area contributed by atoms with Crippen LogP contribution >= 0.6 is 23.9 Å². The van der Waals surface area contributed by atoms with Gasteiger partial charge in [-0.2, -0.15) is 0 Å². The number of nitrogens with zero attached hydrogens (tertiary/aromatic N) is 2. The molecule has 5 rings (SSSR count). The number of rotatable bonds is 5. The molecule has 0 spiro atoms. The number of benzene rings is 3. The largest absolute Gasteiger partial charge is 0.573 e. The molecule has 0 amide bonds. The van der Waals surface area contributed by atoms with E-state index in [0.29, 0.717) is 6.04 Å². The number of fused-ring (bicyclic) bond motifs is 2. The SMILES string of the molecule is FC(F)(F)Oc1ccc(NSN2CCC(N3c4ccccc4Sc4ccccc43)C2)cc1. The molecule has 9 heteroatoms. The quantitative estimate of drug-likeness (QED) is 0.402. The average Bonchev–Trinajstić information content (AvgIpc) is 3.24. The molecule has 2 heterocycles. The molecule has 166 valence electrons. The lowest BCUT2D eigenvalue weighted by Gasteiger charge is -2.37. The van der Waals surface area contributed by atoms with Crippen molar-refractivity contribution in [2.45, 2.75) is 28.6 Å². The van der Waals surface area contributed by atoms with E-state index in [-0.39, 0.29) is 5.75 Å². The van der Waals surface area contributed by atoms with Crippen molar-refractivity contribution in [2.24, 2.45) is 0 Å². The third-order valence-corrected chi connectivity index (χ3v) is 7.39. The Balaban J connectivity index is 1.25. The van der Waals surface area contributed by atoms with Gasteiger partial charge in [0.1, 0.15) is 5.75 Å². The summed E-state index contributed by atoms with van der Waals surface area (Å²) in [5.41, 5.74) is 3.19. The first kappa shape index (κ1) is 21.4. The summed E-state index contributed by atoms with van der Waals surface area (Å²) in [6.07, 6.45) is -3.67. The van der Waals surface area contributed by atoms with Crippen LogP contribution in [-0.2, 0) is 0 Å². The van der Waals surface area contributed by atoms with E-state index in [0.717, 1.165) is 25.2 Å². The van der Waals surface area contributed by atoms with Crippen molar-refractivity contribution >= 4 is 41.0 Å². The third-order valence-electron chi connectivity index (χ3n) is 5.34. The Morgan fingerprint density at radius 3 is 2.16 bits per heavy atom. The van der Waals surface area contributed by atoms with Gasteiger partial charge in [-0.1, -0.05) is 36.0 Å². The van der Waals surface area contributed by atoms with Gasteiger partial charge < -0.3 is 14.4 Å². The minimum Gasteiger partial charge on any atom is -0.406 e. The summed E-state index contributed by atoms with van der Waals surface area (Å²) in [5.74, 6) is -0.227. The summed E-state index contributed by atoms with van der Waals surface area (Å²) in [5, 5.41) is 0. The van der Waals surface area contributed by atoms with Crippen molar-refractivity contribution in [3.8, 4) is 5.75 Å². The van der Waals surface area contributed by atoms with Crippen LogP contribution in [0.15, 0.2) is 82.6 Å². The van der Waals surface area contributed by atoms with Crippen molar-refractivity contribution < 1.29 is 17.9 Å². The minimum atomic E-state index is -4.68. The van der Waals surface area contributed by atoms with Gasteiger partial charge >= 0.3 is 6.36 Å². The van der Waals surface area contributed by atoms with E-state index < -0.39 is 6.36 Å². The van der Waals surface area contributed by atoms with Gasteiger partial charge in [0.05, 0.1) is 11.4 Å². The maximum absolute atomic E-state index is 12.3. The van der Waals surface area contributed by atoms with E-state index in [4.69, 9.17) is 0 Å². The Labute approximate surface area is 193 Å². The summed E-state index contributed by atoms with van der Waals surface area (Å²) in [7, 11) is 0. The van der Waals surface area contributed by atoms with Crippen LogP contribution in [-0.4, -0.2) is 29.8 Å². The number of halogens is 3. The molecular weight excluding hydrogens is 455 g/mol. The highest BCUT2D eigenvalue weighted by atomic mass is 32.2. The van der Waals surface area contributed by atoms with E-state index in [1.165, 1.54) is 45.4 Å². The molecule has 0 aromatic heterocycles. The van der Waals surface area contributed by atoms with E-state index in [2.05, 4.69) is 67.2 Å². The summed E-state index contributed by atoms with van der Waals surface area (Å²) < 4.78 is 46.3. The molecule has 1 N–H and O–H groups in total. The molecule has 3 aromatic carbocycles. The van der Waals surface area contributed by atoms with Crippen molar-refractivity contribution in [1.29, 1.82) is 0 Å². The molecule has 1 fully saturated rings. The van der Waals surface area contributed by atoms with Gasteiger partial charge in [-0.15, -0.1) is 13.2 Å². The second-order valence-corrected chi connectivity index (χ2v) is 9.49. The summed E-state index contributed by atoms with van der Waals surface area (Å²) >= 11 is 3.28. The Kier molecular flexibility index (Phi) is 5.88. The molecule has 4 nitrogen and oxygen atoms in total. The number of para-hydroxylation sites is 2. The molecule has 1 unspecified atom stereocenters. The topological polar surface area (TPSA) is 27.7 Å². The Bertz CT molecular complexity index is 1050. The molecule has 32 heavy (non-hydrogen) atoms. The lowest BCUT2D eigenvalue weighted by molar-refractivity contribution is -0.274. The maximum atomic E-state index is 12.3. The predicted octanol–water partition coefficient (Wildman–Crippen LogP) is 6.94. The third kappa shape index (κ3) is 4.65. The Morgan fingerprint density at radius 1 is 0.906 bits per heavy atom. The number of anilines is 3. The van der Waals surface area contributed by atoms with Crippen LogP contribution in [0, 0.1) is 0 Å². The maximum Gasteiger partial charge on any atom is 0.573 e. The van der Waals surface area contributed by atoms with Gasteiger partial charge in [-0.05, 0) is 55.0 Å². The summed E-state index contributed by atoms with van der Waals surface area (Å²) in [6, 6.07) is 23.1. The molecule has 0 aliphatic carbocycles. The van der Waals surface area contributed by atoms with Crippen LogP contribution in [0.25, 0.3) is 0 Å². The molecular formula is C23H20F3N3OS2. The molecule has 1 atom stereocenters. The summed E-state index contributed by atoms with van der Waals surface area (Å²) in [6.45, 7) is 1.77. The Morgan fingerprint density at radius 2 is 1.53 bits per heavy atom. The molecule has 2 aliphatic heterocycles. The lowest BCUT2D eigenvalue weighted by Crippen LogP contribution is -2.34. The van der Waals surface area contributed by atoms with Gasteiger partial charge in [0.25, 0.3) is 0 Å². The van der Waals surface area contributed by atoms with Crippen LogP contribution in [0.2, 0.25) is 0 Å². The minimum absolute atomic E-state index is 0.227. The molecule has 2 aliphatic rings. The van der Waals surface area contributed by atoms with E-state index in [9.17, 15) is 13.2 Å². The highest BCUT2D eigenvalue weighted by molar-refractivity contribution is 7.99. The smallest absolute Gasteiger partial charge is 0.406 e. The second-order valence-electron chi connectivity index (χ2n) is 7.50. The van der Waals surface area contributed by atoms with Gasteiger partial charge in [-0.3, -0.25) is 0 Å². The van der Waals surface area contributed by atoms with Crippen LogP contribution in [0.1, 0.15) is 6.42 Å². The highest BCUT2D eigenvalue weighted by Gasteiger charge is 2.34. The Hall–Kier alpha value is -2.49.